The molecule has 0 saturated heterocycles. The first-order valence-electron chi connectivity index (χ1n) is 12.0. The molecule has 9 nitrogen and oxygen atoms in total. The normalized spacial score (nSPS) is 18.3. The Kier molecular flexibility index (Phi) is 7.52. The first kappa shape index (κ1) is 25.5. The Morgan fingerprint density at radius 2 is 2.11 bits per heavy atom. The van der Waals surface area contributed by atoms with E-state index in [9.17, 15) is 14.3 Å². The highest BCUT2D eigenvalue weighted by molar-refractivity contribution is 6.00. The zero-order valence-electron chi connectivity index (χ0n) is 20.7. The third kappa shape index (κ3) is 5.48. The summed E-state index contributed by atoms with van der Waals surface area (Å²) in [5.41, 5.74) is 1.79. The van der Waals surface area contributed by atoms with Crippen LogP contribution < -0.4 is 10.6 Å². The molecule has 0 aromatic carbocycles. The predicted molar refractivity (Wildman–Crippen MR) is 133 cm³/mol. The van der Waals surface area contributed by atoms with E-state index >= 15 is 0 Å². The number of pyridine rings is 1. The fourth-order valence-corrected chi connectivity index (χ4v) is 4.29. The number of aromatic nitrogens is 3. The van der Waals surface area contributed by atoms with Crippen molar-refractivity contribution in [3.05, 3.63) is 47.8 Å². The maximum atomic E-state index is 14.2. The van der Waals surface area contributed by atoms with Gasteiger partial charge in [0.05, 0.1) is 52.1 Å². The van der Waals surface area contributed by atoms with Crippen molar-refractivity contribution >= 4 is 17.1 Å². The molecule has 10 heteroatoms. The van der Waals surface area contributed by atoms with Crippen molar-refractivity contribution < 1.29 is 19.0 Å². The Morgan fingerprint density at radius 1 is 1.33 bits per heavy atom. The maximum Gasteiger partial charge on any atom is 0.255 e. The molecular formula is C26H31FN6O3. The van der Waals surface area contributed by atoms with E-state index in [1.807, 2.05) is 12.1 Å². The first-order chi connectivity index (χ1) is 17.2. The Balaban J connectivity index is 1.61. The molecule has 1 saturated carbocycles. The van der Waals surface area contributed by atoms with Crippen molar-refractivity contribution in [1.82, 2.24) is 19.9 Å². The zero-order chi connectivity index (χ0) is 25.9. The van der Waals surface area contributed by atoms with Gasteiger partial charge in [0.25, 0.3) is 5.91 Å². The Hall–Kier alpha value is -3.55. The number of nitrogens with zero attached hydrogens (tertiary/aromatic N) is 4. The van der Waals surface area contributed by atoms with Gasteiger partial charge in [0.1, 0.15) is 12.2 Å². The van der Waals surface area contributed by atoms with Crippen molar-refractivity contribution in [2.75, 3.05) is 32.1 Å². The molecular weight excluding hydrogens is 463 g/mol. The van der Waals surface area contributed by atoms with Crippen LogP contribution in [0.5, 0.6) is 0 Å². The van der Waals surface area contributed by atoms with Gasteiger partial charge >= 0.3 is 0 Å². The average molecular weight is 495 g/mol. The average Bonchev–Trinajstić information content (AvgIpc) is 3.27. The van der Waals surface area contributed by atoms with Crippen LogP contribution in [0, 0.1) is 23.2 Å². The molecule has 3 aromatic heterocycles. The van der Waals surface area contributed by atoms with Gasteiger partial charge in [-0.15, -0.1) is 0 Å². The van der Waals surface area contributed by atoms with Gasteiger partial charge in [-0.1, -0.05) is 0 Å². The van der Waals surface area contributed by atoms with Gasteiger partial charge < -0.3 is 20.5 Å². The van der Waals surface area contributed by atoms with E-state index in [-0.39, 0.29) is 12.1 Å². The minimum atomic E-state index is -1.62. The number of nitrogens with one attached hydrogen (secondary N) is 2. The molecule has 0 bridgehead atoms. The monoisotopic (exact) mass is 494 g/mol. The van der Waals surface area contributed by atoms with Gasteiger partial charge in [-0.05, 0) is 62.8 Å². The number of methoxy groups -OCH3 is 1. The van der Waals surface area contributed by atoms with Crippen LogP contribution in [0.4, 0.5) is 10.1 Å². The van der Waals surface area contributed by atoms with Crippen LogP contribution in [0.1, 0.15) is 42.6 Å². The quantitative estimate of drug-likeness (QED) is 0.395. The van der Waals surface area contributed by atoms with Gasteiger partial charge in [-0.3, -0.25) is 9.78 Å². The van der Waals surface area contributed by atoms with Crippen LogP contribution in [0.2, 0.25) is 0 Å². The lowest BCUT2D eigenvalue weighted by molar-refractivity contribution is -0.00177. The van der Waals surface area contributed by atoms with E-state index in [1.54, 1.807) is 23.8 Å². The molecule has 0 spiro atoms. The van der Waals surface area contributed by atoms with Gasteiger partial charge in [0, 0.05) is 26.5 Å². The highest BCUT2D eigenvalue weighted by Gasteiger charge is 2.31. The van der Waals surface area contributed by atoms with Crippen LogP contribution in [0.25, 0.3) is 16.9 Å². The molecule has 3 unspecified atom stereocenters. The highest BCUT2D eigenvalue weighted by Crippen LogP contribution is 2.35. The molecule has 1 fully saturated rings. The van der Waals surface area contributed by atoms with Gasteiger partial charge in [0.2, 0.25) is 0 Å². The Morgan fingerprint density at radius 3 is 2.78 bits per heavy atom. The summed E-state index contributed by atoms with van der Waals surface area (Å²) in [6, 6.07) is 9.30. The highest BCUT2D eigenvalue weighted by atomic mass is 19.1. The smallest absolute Gasteiger partial charge is 0.255 e. The minimum Gasteiger partial charge on any atom is -0.387 e. The molecule has 3 N–H and O–H groups in total. The lowest BCUT2D eigenvalue weighted by Gasteiger charge is -2.36. The van der Waals surface area contributed by atoms with Crippen LogP contribution in [0.15, 0.2) is 36.7 Å². The number of fused-ring (bicyclic) bond motifs is 1. The third-order valence-corrected chi connectivity index (χ3v) is 6.76. The molecule has 0 aliphatic heterocycles. The molecule has 0 radical (unpaired) electrons. The maximum absolute atomic E-state index is 14.2. The first-order valence-corrected chi connectivity index (χ1v) is 12.0. The number of hydrogen-bond acceptors (Lipinski definition) is 7. The fraction of sp³-hybridized carbons (Fsp3) is 0.462. The lowest BCUT2D eigenvalue weighted by atomic mass is 9.74. The van der Waals surface area contributed by atoms with E-state index in [0.717, 1.165) is 18.4 Å². The molecule has 3 aromatic rings. The van der Waals surface area contributed by atoms with E-state index in [4.69, 9.17) is 10.00 Å². The number of amides is 1. The van der Waals surface area contributed by atoms with Crippen molar-refractivity contribution in [2.45, 2.75) is 38.5 Å². The molecule has 3 heterocycles. The largest absolute Gasteiger partial charge is 0.387 e. The number of hydrogen-bond donors (Lipinski definition) is 3. The van der Waals surface area contributed by atoms with E-state index < -0.39 is 17.7 Å². The number of rotatable bonds is 10. The molecule has 1 amide bonds. The number of carbonyl (C=O) groups excluding carboxylic acids is 1. The van der Waals surface area contributed by atoms with E-state index in [1.165, 1.54) is 26.2 Å². The summed E-state index contributed by atoms with van der Waals surface area (Å²) in [7, 11) is 1.70. The SMILES string of the molecule is COCC1CCC1CNc1cc(-c2ccc3cc(C#N)cnn23)ncc1C(=O)NCC(F)C(C)(C)O. The predicted octanol–water partition coefficient (Wildman–Crippen LogP) is 3.19. The second-order valence-electron chi connectivity index (χ2n) is 9.79. The summed E-state index contributed by atoms with van der Waals surface area (Å²) < 4.78 is 21.2. The summed E-state index contributed by atoms with van der Waals surface area (Å²) in [6.45, 7) is 3.75. The van der Waals surface area contributed by atoms with Crippen LogP contribution in [-0.4, -0.2) is 64.2 Å². The number of nitriles is 1. The van der Waals surface area contributed by atoms with Crippen molar-refractivity contribution in [1.29, 1.82) is 5.26 Å². The number of anilines is 1. The molecule has 4 rings (SSSR count). The second-order valence-corrected chi connectivity index (χ2v) is 9.79. The van der Waals surface area contributed by atoms with Gasteiger partial charge in [-0.25, -0.2) is 8.91 Å². The van der Waals surface area contributed by atoms with E-state index in [0.29, 0.717) is 47.6 Å². The topological polar surface area (TPSA) is 125 Å². The Labute approximate surface area is 209 Å². The van der Waals surface area contributed by atoms with Crippen LogP contribution in [0.3, 0.4) is 0 Å². The summed E-state index contributed by atoms with van der Waals surface area (Å²) in [5, 5.41) is 29.3. The van der Waals surface area contributed by atoms with E-state index in [2.05, 4.69) is 26.8 Å². The minimum absolute atomic E-state index is 0.282. The number of carbonyl (C=O) groups is 1. The second kappa shape index (κ2) is 10.6. The molecule has 36 heavy (non-hydrogen) atoms. The number of aliphatic hydroxyl groups is 1. The fourth-order valence-electron chi connectivity index (χ4n) is 4.29. The molecule has 190 valence electrons. The van der Waals surface area contributed by atoms with Gasteiger partial charge in [-0.2, -0.15) is 10.4 Å². The summed E-state index contributed by atoms with van der Waals surface area (Å²) >= 11 is 0. The number of alkyl halides is 1. The molecule has 1 aliphatic rings. The Bertz CT molecular complexity index is 1280. The molecule has 1 aliphatic carbocycles. The number of halogens is 1. The zero-order valence-corrected chi connectivity index (χ0v) is 20.7. The third-order valence-electron chi connectivity index (χ3n) is 6.76. The molecule has 3 atom stereocenters. The summed E-state index contributed by atoms with van der Waals surface area (Å²) in [5.74, 6) is 0.402. The van der Waals surface area contributed by atoms with Crippen LogP contribution in [-0.2, 0) is 4.74 Å². The van der Waals surface area contributed by atoms with Gasteiger partial charge in [0.15, 0.2) is 0 Å². The number of ether oxygens (including phenoxy) is 1. The summed E-state index contributed by atoms with van der Waals surface area (Å²) in [4.78, 5) is 17.5. The summed E-state index contributed by atoms with van der Waals surface area (Å²) in [6.07, 6.45) is 3.51. The van der Waals surface area contributed by atoms with Crippen molar-refractivity contribution in [2.24, 2.45) is 11.8 Å². The van der Waals surface area contributed by atoms with Crippen LogP contribution >= 0.6 is 0 Å². The van der Waals surface area contributed by atoms with Crippen molar-refractivity contribution in [3.63, 3.8) is 0 Å². The lowest BCUT2D eigenvalue weighted by Crippen LogP contribution is -2.42. The van der Waals surface area contributed by atoms with Crippen molar-refractivity contribution in [3.8, 4) is 17.5 Å². The standard InChI is InChI=1S/C26H31FN6O3/c1-26(2,35)24(27)14-31-25(34)20-13-30-22(9-21(20)29-12-17-4-5-18(17)15-36-3)23-7-6-19-8-16(10-28)11-32-33(19)23/h6-9,11,13,17-18,24,35H,4-5,12,14-15H2,1-3H3,(H,29,30)(H,31,34).